The second-order valence-electron chi connectivity index (χ2n) is 3.83. The highest BCUT2D eigenvalue weighted by molar-refractivity contribution is 5.84. The Balaban J connectivity index is 2.49. The van der Waals surface area contributed by atoms with E-state index in [4.69, 9.17) is 5.26 Å². The van der Waals surface area contributed by atoms with Gasteiger partial charge < -0.3 is 9.30 Å². The number of rotatable bonds is 2. The summed E-state index contributed by atoms with van der Waals surface area (Å²) < 4.78 is 6.58. The first-order valence-electron chi connectivity index (χ1n) is 5.21. The molecule has 0 spiro atoms. The lowest BCUT2D eigenvalue weighted by Crippen LogP contribution is -2.07. The van der Waals surface area contributed by atoms with Crippen molar-refractivity contribution in [2.75, 3.05) is 7.11 Å². The minimum absolute atomic E-state index is 0.240. The average molecular weight is 228 g/mol. The van der Waals surface area contributed by atoms with Gasteiger partial charge in [0, 0.05) is 23.6 Å². The van der Waals surface area contributed by atoms with Crippen LogP contribution >= 0.6 is 0 Å². The van der Waals surface area contributed by atoms with Crippen molar-refractivity contribution in [3.8, 4) is 6.07 Å². The van der Waals surface area contributed by atoms with E-state index in [-0.39, 0.29) is 12.4 Å². The van der Waals surface area contributed by atoms with E-state index in [9.17, 15) is 4.79 Å². The number of hydrogen-bond acceptors (Lipinski definition) is 3. The molecule has 4 nitrogen and oxygen atoms in total. The molecule has 0 aliphatic carbocycles. The summed E-state index contributed by atoms with van der Waals surface area (Å²) in [5.41, 5.74) is 2.50. The van der Waals surface area contributed by atoms with Crippen LogP contribution in [0.4, 0.5) is 0 Å². The number of fused-ring (bicyclic) bond motifs is 1. The summed E-state index contributed by atoms with van der Waals surface area (Å²) in [7, 11) is 3.27. The van der Waals surface area contributed by atoms with Crippen molar-refractivity contribution in [3.05, 3.63) is 35.5 Å². The number of nitrogens with zero attached hydrogens (tertiary/aromatic N) is 2. The van der Waals surface area contributed by atoms with E-state index < -0.39 is 0 Å². The third-order valence-corrected chi connectivity index (χ3v) is 2.82. The fraction of sp³-hybridized carbons (Fsp3) is 0.231. The summed E-state index contributed by atoms with van der Waals surface area (Å²) in [6.45, 7) is 0. The van der Waals surface area contributed by atoms with Crippen LogP contribution in [0.15, 0.2) is 24.3 Å². The van der Waals surface area contributed by atoms with Gasteiger partial charge in [0.15, 0.2) is 0 Å². The molecule has 1 aromatic carbocycles. The number of nitriles is 1. The minimum atomic E-state index is -0.267. The van der Waals surface area contributed by atoms with Gasteiger partial charge in [-0.2, -0.15) is 5.26 Å². The van der Waals surface area contributed by atoms with Crippen LogP contribution in [-0.2, 0) is 23.0 Å². The molecule has 0 aliphatic rings. The quantitative estimate of drug-likeness (QED) is 0.736. The van der Waals surface area contributed by atoms with Gasteiger partial charge in [0.05, 0.1) is 25.2 Å². The van der Waals surface area contributed by atoms with Crippen molar-refractivity contribution >= 4 is 16.9 Å². The Morgan fingerprint density at radius 2 is 2.24 bits per heavy atom. The fourth-order valence-corrected chi connectivity index (χ4v) is 1.87. The highest BCUT2D eigenvalue weighted by Gasteiger charge is 2.10. The van der Waals surface area contributed by atoms with Crippen molar-refractivity contribution < 1.29 is 9.53 Å². The molecule has 1 heterocycles. The Kier molecular flexibility index (Phi) is 2.84. The lowest BCUT2D eigenvalue weighted by atomic mass is 10.2. The van der Waals surface area contributed by atoms with Crippen LogP contribution in [0.25, 0.3) is 10.9 Å². The first-order chi connectivity index (χ1) is 8.15. The normalized spacial score (nSPS) is 10.2. The third kappa shape index (κ3) is 2.00. The number of ether oxygens (including phenoxy) is 1. The number of methoxy groups -OCH3 is 1. The second-order valence-corrected chi connectivity index (χ2v) is 3.83. The molecule has 2 rings (SSSR count). The number of carbonyl (C=O) groups is 1. The van der Waals surface area contributed by atoms with Gasteiger partial charge in [0.25, 0.3) is 0 Å². The van der Waals surface area contributed by atoms with E-state index in [0.717, 1.165) is 16.6 Å². The smallest absolute Gasteiger partial charge is 0.311 e. The monoisotopic (exact) mass is 228 g/mol. The maximum absolute atomic E-state index is 11.2. The predicted octanol–water partition coefficient (Wildman–Crippen LogP) is 1.77. The highest BCUT2D eigenvalue weighted by Crippen LogP contribution is 2.20. The second kappa shape index (κ2) is 4.30. The van der Waals surface area contributed by atoms with E-state index in [1.165, 1.54) is 7.11 Å². The van der Waals surface area contributed by atoms with Gasteiger partial charge in [-0.15, -0.1) is 0 Å². The summed E-state index contributed by atoms with van der Waals surface area (Å²) >= 11 is 0. The van der Waals surface area contributed by atoms with E-state index in [1.54, 1.807) is 6.07 Å². The van der Waals surface area contributed by atoms with Gasteiger partial charge in [-0.25, -0.2) is 0 Å². The maximum Gasteiger partial charge on any atom is 0.311 e. The molecule has 17 heavy (non-hydrogen) atoms. The van der Waals surface area contributed by atoms with E-state index in [0.29, 0.717) is 5.56 Å². The number of benzene rings is 1. The minimum Gasteiger partial charge on any atom is -0.469 e. The first kappa shape index (κ1) is 11.2. The van der Waals surface area contributed by atoms with Gasteiger partial charge in [-0.1, -0.05) is 0 Å². The number of aryl methyl sites for hydroxylation is 1. The molecule has 0 saturated carbocycles. The van der Waals surface area contributed by atoms with E-state index >= 15 is 0 Å². The molecule has 0 N–H and O–H groups in total. The Bertz CT molecular complexity index is 620. The zero-order valence-corrected chi connectivity index (χ0v) is 9.73. The molecule has 0 bridgehead atoms. The van der Waals surface area contributed by atoms with Crippen LogP contribution in [0.2, 0.25) is 0 Å². The van der Waals surface area contributed by atoms with Gasteiger partial charge >= 0.3 is 5.97 Å². The molecule has 0 aliphatic heterocycles. The van der Waals surface area contributed by atoms with Crippen LogP contribution in [0.5, 0.6) is 0 Å². The molecular formula is C13H12N2O2. The Morgan fingerprint density at radius 1 is 1.47 bits per heavy atom. The zero-order chi connectivity index (χ0) is 12.4. The van der Waals surface area contributed by atoms with Crippen LogP contribution in [0.3, 0.4) is 0 Å². The Hall–Kier alpha value is -2.28. The molecule has 2 aromatic rings. The number of hydrogen-bond donors (Lipinski definition) is 0. The van der Waals surface area contributed by atoms with Crippen molar-refractivity contribution in [2.24, 2.45) is 7.05 Å². The van der Waals surface area contributed by atoms with Crippen LogP contribution in [0.1, 0.15) is 11.3 Å². The standard InChI is InChI=1S/C13H12N2O2/c1-15-11(7-13(16)17-2)6-10-5-9(8-14)3-4-12(10)15/h3-6H,7H2,1-2H3. The summed E-state index contributed by atoms with van der Waals surface area (Å²) in [6, 6.07) is 9.48. The topological polar surface area (TPSA) is 55.0 Å². The SMILES string of the molecule is COC(=O)Cc1cc2cc(C#N)ccc2n1C. The van der Waals surface area contributed by atoms with Crippen molar-refractivity contribution in [1.29, 1.82) is 5.26 Å². The zero-order valence-electron chi connectivity index (χ0n) is 9.73. The van der Waals surface area contributed by atoms with Crippen LogP contribution < -0.4 is 0 Å². The predicted molar refractivity (Wildman–Crippen MR) is 63.4 cm³/mol. The largest absolute Gasteiger partial charge is 0.469 e. The summed E-state index contributed by atoms with van der Waals surface area (Å²) in [4.78, 5) is 11.2. The molecule has 0 atom stereocenters. The molecule has 0 saturated heterocycles. The maximum atomic E-state index is 11.2. The lowest BCUT2D eigenvalue weighted by Gasteiger charge is -2.02. The summed E-state index contributed by atoms with van der Waals surface area (Å²) in [5, 5.41) is 9.79. The fourth-order valence-electron chi connectivity index (χ4n) is 1.87. The number of aromatic nitrogens is 1. The van der Waals surface area contributed by atoms with Crippen molar-refractivity contribution in [1.82, 2.24) is 4.57 Å². The molecule has 4 heteroatoms. The van der Waals surface area contributed by atoms with Gasteiger partial charge in [-0.3, -0.25) is 4.79 Å². The van der Waals surface area contributed by atoms with Crippen LogP contribution in [0, 0.1) is 11.3 Å². The molecule has 0 unspecified atom stereocenters. The Labute approximate surface area is 99.0 Å². The lowest BCUT2D eigenvalue weighted by molar-refractivity contribution is -0.139. The molecular weight excluding hydrogens is 216 g/mol. The molecule has 0 radical (unpaired) electrons. The number of carbonyl (C=O) groups excluding carboxylic acids is 1. The summed E-state index contributed by atoms with van der Waals surface area (Å²) in [5.74, 6) is -0.267. The molecule has 86 valence electrons. The van der Waals surface area contributed by atoms with Crippen molar-refractivity contribution in [3.63, 3.8) is 0 Å². The van der Waals surface area contributed by atoms with Crippen molar-refractivity contribution in [2.45, 2.75) is 6.42 Å². The highest BCUT2D eigenvalue weighted by atomic mass is 16.5. The first-order valence-corrected chi connectivity index (χ1v) is 5.21. The molecule has 0 amide bonds. The Morgan fingerprint density at radius 3 is 2.88 bits per heavy atom. The third-order valence-electron chi connectivity index (χ3n) is 2.82. The van der Waals surface area contributed by atoms with Gasteiger partial charge in [0.1, 0.15) is 0 Å². The van der Waals surface area contributed by atoms with Gasteiger partial charge in [-0.05, 0) is 24.3 Å². The van der Waals surface area contributed by atoms with E-state index in [1.807, 2.05) is 29.8 Å². The summed E-state index contributed by atoms with van der Waals surface area (Å²) in [6.07, 6.45) is 0.240. The average Bonchev–Trinajstić information content (AvgIpc) is 2.65. The van der Waals surface area contributed by atoms with E-state index in [2.05, 4.69) is 10.8 Å². The van der Waals surface area contributed by atoms with Gasteiger partial charge in [0.2, 0.25) is 0 Å². The van der Waals surface area contributed by atoms with Crippen LogP contribution in [-0.4, -0.2) is 17.6 Å². The number of esters is 1. The molecule has 0 fully saturated rings. The molecule has 1 aromatic heterocycles.